The Hall–Kier alpha value is -3.17. The third-order valence-electron chi connectivity index (χ3n) is 4.33. The van der Waals surface area contributed by atoms with Gasteiger partial charge in [0.05, 0.1) is 11.6 Å². The van der Waals surface area contributed by atoms with Gasteiger partial charge in [0.1, 0.15) is 17.4 Å². The molecule has 0 aliphatic rings. The van der Waals surface area contributed by atoms with Crippen molar-refractivity contribution in [3.8, 4) is 11.8 Å². The van der Waals surface area contributed by atoms with Gasteiger partial charge < -0.3 is 9.67 Å². The molecule has 3 rings (SSSR count). The molecule has 3 aromatic rings. The molecular weight excluding hydrogens is 408 g/mol. The van der Waals surface area contributed by atoms with Crippen LogP contribution in [0.15, 0.2) is 70.1 Å². The van der Waals surface area contributed by atoms with E-state index in [4.69, 9.17) is 0 Å². The van der Waals surface area contributed by atoms with Crippen LogP contribution >= 0.6 is 15.9 Å². The molecule has 0 spiro atoms. The number of pyridine rings is 1. The summed E-state index contributed by atoms with van der Waals surface area (Å²) in [5.41, 5.74) is 0.522. The fourth-order valence-corrected chi connectivity index (χ4v) is 3.19. The molecule has 5 nitrogen and oxygen atoms in total. The molecule has 1 unspecified atom stereocenters. The molecule has 0 aliphatic heterocycles. The average molecular weight is 423 g/mol. The van der Waals surface area contributed by atoms with Crippen molar-refractivity contribution in [2.75, 3.05) is 0 Å². The van der Waals surface area contributed by atoms with E-state index < -0.39 is 11.3 Å². The zero-order valence-corrected chi connectivity index (χ0v) is 16.0. The lowest BCUT2D eigenvalue weighted by Crippen LogP contribution is -2.27. The molecule has 27 heavy (non-hydrogen) atoms. The van der Waals surface area contributed by atoms with Crippen molar-refractivity contribution in [1.82, 2.24) is 4.57 Å². The third kappa shape index (κ3) is 3.69. The van der Waals surface area contributed by atoms with Crippen molar-refractivity contribution in [3.63, 3.8) is 0 Å². The Bertz CT molecular complexity index is 1110. The number of nitrogens with zero attached hydrogens (tertiary/aromatic N) is 2. The van der Waals surface area contributed by atoms with Gasteiger partial charge in [-0.2, -0.15) is 5.26 Å². The number of halogens is 1. The summed E-state index contributed by atoms with van der Waals surface area (Å²) in [6, 6.07) is 16.6. The van der Waals surface area contributed by atoms with Gasteiger partial charge in [-0.15, -0.1) is 0 Å². The number of phenolic OH excluding ortho intramolecular Hbond substituents is 1. The summed E-state index contributed by atoms with van der Waals surface area (Å²) in [7, 11) is 0. The summed E-state index contributed by atoms with van der Waals surface area (Å²) in [4.78, 5) is 25.5. The van der Waals surface area contributed by atoms with Crippen molar-refractivity contribution in [3.05, 3.63) is 97.9 Å². The van der Waals surface area contributed by atoms with Crippen LogP contribution in [-0.2, 0) is 0 Å². The van der Waals surface area contributed by atoms with Gasteiger partial charge in [-0.25, -0.2) is 0 Å². The summed E-state index contributed by atoms with van der Waals surface area (Å²) in [5.74, 6) is -0.644. The molecule has 0 saturated carbocycles. The number of ketones is 1. The Labute approximate surface area is 164 Å². The van der Waals surface area contributed by atoms with E-state index >= 15 is 0 Å². The van der Waals surface area contributed by atoms with Crippen molar-refractivity contribution in [2.45, 2.75) is 13.0 Å². The fourth-order valence-electron chi connectivity index (χ4n) is 2.83. The SMILES string of the molecule is CC(c1ccccc1)n1cc(C(=O)c2cc(Br)ccc2O)cc(C#N)c1=O. The Morgan fingerprint density at radius 2 is 1.89 bits per heavy atom. The minimum atomic E-state index is -0.473. The first kappa shape index (κ1) is 18.6. The molecule has 0 saturated heterocycles. The Balaban J connectivity index is 2.15. The summed E-state index contributed by atoms with van der Waals surface area (Å²) in [6.45, 7) is 1.82. The number of hydrogen-bond donors (Lipinski definition) is 1. The average Bonchev–Trinajstić information content (AvgIpc) is 2.69. The zero-order valence-electron chi connectivity index (χ0n) is 14.4. The van der Waals surface area contributed by atoms with E-state index in [0.717, 1.165) is 5.56 Å². The normalized spacial score (nSPS) is 11.6. The maximum atomic E-state index is 12.9. The van der Waals surface area contributed by atoms with Crippen LogP contribution in [0.4, 0.5) is 0 Å². The molecule has 0 bridgehead atoms. The molecule has 1 aromatic heterocycles. The molecule has 1 N–H and O–H groups in total. The molecule has 0 amide bonds. The molecule has 1 atom stereocenters. The van der Waals surface area contributed by atoms with E-state index in [-0.39, 0.29) is 28.5 Å². The van der Waals surface area contributed by atoms with Gasteiger partial charge in [-0.05, 0) is 36.8 Å². The second-order valence-electron chi connectivity index (χ2n) is 6.04. The van der Waals surface area contributed by atoms with Crippen LogP contribution in [-0.4, -0.2) is 15.5 Å². The molecule has 2 aromatic carbocycles. The number of hydrogen-bond acceptors (Lipinski definition) is 4. The highest BCUT2D eigenvalue weighted by molar-refractivity contribution is 9.10. The number of phenols is 1. The second-order valence-corrected chi connectivity index (χ2v) is 6.96. The van der Waals surface area contributed by atoms with E-state index in [9.17, 15) is 20.0 Å². The molecule has 6 heteroatoms. The van der Waals surface area contributed by atoms with Gasteiger partial charge in [0.15, 0.2) is 5.78 Å². The maximum absolute atomic E-state index is 12.9. The number of benzene rings is 2. The fraction of sp³-hybridized carbons (Fsp3) is 0.0952. The van der Waals surface area contributed by atoms with Crippen LogP contribution < -0.4 is 5.56 Å². The Kier molecular flexibility index (Phi) is 5.24. The molecule has 0 radical (unpaired) electrons. The Morgan fingerprint density at radius 1 is 1.19 bits per heavy atom. The highest BCUT2D eigenvalue weighted by Gasteiger charge is 2.19. The zero-order chi connectivity index (χ0) is 19.6. The smallest absolute Gasteiger partial charge is 0.269 e. The van der Waals surface area contributed by atoms with Crippen LogP contribution in [0, 0.1) is 11.3 Å². The topological polar surface area (TPSA) is 83.1 Å². The summed E-state index contributed by atoms with van der Waals surface area (Å²) in [6.07, 6.45) is 1.43. The number of carbonyl (C=O) groups is 1. The van der Waals surface area contributed by atoms with Gasteiger partial charge in [0.2, 0.25) is 0 Å². The lowest BCUT2D eigenvalue weighted by molar-refractivity contribution is 0.103. The van der Waals surface area contributed by atoms with E-state index in [2.05, 4.69) is 15.9 Å². The van der Waals surface area contributed by atoms with Crippen molar-refractivity contribution >= 4 is 21.7 Å². The summed E-state index contributed by atoms with van der Waals surface area (Å²) < 4.78 is 2.01. The van der Waals surface area contributed by atoms with Crippen molar-refractivity contribution in [2.24, 2.45) is 0 Å². The second kappa shape index (κ2) is 7.60. The number of aromatic hydroxyl groups is 1. The summed E-state index contributed by atoms with van der Waals surface area (Å²) >= 11 is 3.27. The van der Waals surface area contributed by atoms with Gasteiger partial charge in [-0.3, -0.25) is 9.59 Å². The van der Waals surface area contributed by atoms with E-state index in [1.54, 1.807) is 6.07 Å². The van der Waals surface area contributed by atoms with E-state index in [0.29, 0.717) is 4.47 Å². The maximum Gasteiger partial charge on any atom is 0.269 e. The largest absolute Gasteiger partial charge is 0.507 e. The molecule has 0 fully saturated rings. The molecule has 0 aliphatic carbocycles. The molecule has 134 valence electrons. The van der Waals surface area contributed by atoms with Gasteiger partial charge in [-0.1, -0.05) is 46.3 Å². The van der Waals surface area contributed by atoms with Gasteiger partial charge in [0, 0.05) is 16.2 Å². The monoisotopic (exact) mass is 422 g/mol. The first-order chi connectivity index (χ1) is 12.9. The van der Waals surface area contributed by atoms with E-state index in [1.807, 2.05) is 43.3 Å². The first-order valence-electron chi connectivity index (χ1n) is 8.17. The Morgan fingerprint density at radius 3 is 2.56 bits per heavy atom. The highest BCUT2D eigenvalue weighted by Crippen LogP contribution is 2.25. The predicted molar refractivity (Wildman–Crippen MR) is 105 cm³/mol. The number of carbonyl (C=O) groups excluding carboxylic acids is 1. The lowest BCUT2D eigenvalue weighted by atomic mass is 10.0. The lowest BCUT2D eigenvalue weighted by Gasteiger charge is -2.17. The number of rotatable bonds is 4. The number of aromatic nitrogens is 1. The summed E-state index contributed by atoms with van der Waals surface area (Å²) in [5, 5.41) is 19.4. The molecular formula is C21H15BrN2O3. The number of nitriles is 1. The molecule has 1 heterocycles. The third-order valence-corrected chi connectivity index (χ3v) is 4.82. The van der Waals surface area contributed by atoms with Crippen LogP contribution in [0.3, 0.4) is 0 Å². The van der Waals surface area contributed by atoms with Gasteiger partial charge >= 0.3 is 0 Å². The van der Waals surface area contributed by atoms with Crippen LogP contribution in [0.5, 0.6) is 5.75 Å². The highest BCUT2D eigenvalue weighted by atomic mass is 79.9. The van der Waals surface area contributed by atoms with Crippen molar-refractivity contribution < 1.29 is 9.90 Å². The van der Waals surface area contributed by atoms with E-state index in [1.165, 1.54) is 29.0 Å². The quantitative estimate of drug-likeness (QED) is 0.643. The standard InChI is InChI=1S/C21H15BrN2O3/c1-13(14-5-3-2-4-6-14)24-12-16(9-15(11-23)21(24)27)20(26)18-10-17(22)7-8-19(18)25/h2-10,12-13,25H,1H3. The van der Waals surface area contributed by atoms with Crippen molar-refractivity contribution in [1.29, 1.82) is 5.26 Å². The van der Waals surface area contributed by atoms with Crippen LogP contribution in [0.25, 0.3) is 0 Å². The van der Waals surface area contributed by atoms with Crippen LogP contribution in [0.2, 0.25) is 0 Å². The minimum Gasteiger partial charge on any atom is -0.507 e. The first-order valence-corrected chi connectivity index (χ1v) is 8.96. The predicted octanol–water partition coefficient (Wildman–Crippen LogP) is 4.03. The van der Waals surface area contributed by atoms with Crippen LogP contribution in [0.1, 0.15) is 40.0 Å². The minimum absolute atomic E-state index is 0.0887. The van der Waals surface area contributed by atoms with Gasteiger partial charge in [0.25, 0.3) is 5.56 Å².